The zero-order chi connectivity index (χ0) is 26.2. The molecule has 0 radical (unpaired) electrons. The van der Waals surface area contributed by atoms with Gasteiger partial charge in [-0.15, -0.1) is 0 Å². The van der Waals surface area contributed by atoms with Gasteiger partial charge in [0.15, 0.2) is 0 Å². The van der Waals surface area contributed by atoms with Gasteiger partial charge in [-0.3, -0.25) is 14.4 Å². The maximum atomic E-state index is 13.4. The Morgan fingerprint density at radius 2 is 1.54 bits per heavy atom. The molecule has 7 nitrogen and oxygen atoms in total. The van der Waals surface area contributed by atoms with Crippen molar-refractivity contribution in [3.8, 4) is 0 Å². The van der Waals surface area contributed by atoms with E-state index in [9.17, 15) is 14.4 Å². The van der Waals surface area contributed by atoms with Crippen LogP contribution in [0.5, 0.6) is 0 Å². The second-order valence-electron chi connectivity index (χ2n) is 8.50. The quantitative estimate of drug-likeness (QED) is 0.245. The third-order valence-corrected chi connectivity index (χ3v) is 6.33. The zero-order valence-corrected chi connectivity index (χ0v) is 21.6. The second kappa shape index (κ2) is 12.3. The fourth-order valence-corrected chi connectivity index (χ4v) is 4.31. The van der Waals surface area contributed by atoms with Gasteiger partial charge >= 0.3 is 0 Å². The number of anilines is 1. The van der Waals surface area contributed by atoms with Crippen molar-refractivity contribution >= 4 is 50.1 Å². The van der Waals surface area contributed by atoms with E-state index in [1.54, 1.807) is 30.3 Å². The van der Waals surface area contributed by atoms with E-state index in [0.29, 0.717) is 28.7 Å². The molecule has 37 heavy (non-hydrogen) atoms. The molecule has 5 N–H and O–H groups in total. The second-order valence-corrected chi connectivity index (χ2v) is 9.42. The summed E-state index contributed by atoms with van der Waals surface area (Å²) in [5, 5.41) is 10.4. The molecule has 188 valence electrons. The minimum absolute atomic E-state index is 0.230. The Kier molecular flexibility index (Phi) is 8.66. The van der Waals surface area contributed by atoms with Crippen LogP contribution in [0.4, 0.5) is 5.69 Å². The average molecular weight is 559 g/mol. The molecule has 0 bridgehead atoms. The van der Waals surface area contributed by atoms with Gasteiger partial charge in [0.2, 0.25) is 5.91 Å². The molecule has 0 fully saturated rings. The van der Waals surface area contributed by atoms with Crippen molar-refractivity contribution in [1.82, 2.24) is 10.6 Å². The molecule has 0 aliphatic heterocycles. The van der Waals surface area contributed by atoms with E-state index in [2.05, 4.69) is 31.9 Å². The molecule has 0 saturated carbocycles. The van der Waals surface area contributed by atoms with Crippen LogP contribution >= 0.6 is 15.9 Å². The largest absolute Gasteiger partial charge is 0.353 e. The van der Waals surface area contributed by atoms with Gasteiger partial charge in [-0.2, -0.15) is 0 Å². The molecule has 4 aromatic carbocycles. The van der Waals surface area contributed by atoms with Crippen LogP contribution in [0, 0.1) is 0 Å². The van der Waals surface area contributed by atoms with Crippen LogP contribution in [-0.4, -0.2) is 36.9 Å². The Bertz CT molecular complexity index is 1430. The van der Waals surface area contributed by atoms with Crippen LogP contribution in [0.1, 0.15) is 26.3 Å². The minimum Gasteiger partial charge on any atom is -0.353 e. The first kappa shape index (κ1) is 26.1. The van der Waals surface area contributed by atoms with Crippen molar-refractivity contribution in [2.75, 3.05) is 18.4 Å². The van der Waals surface area contributed by atoms with Crippen LogP contribution in [-0.2, 0) is 11.2 Å². The number of nitrogens with one attached hydrogen (secondary N) is 3. The summed E-state index contributed by atoms with van der Waals surface area (Å²) in [5.41, 5.74) is 7.47. The van der Waals surface area contributed by atoms with Gasteiger partial charge in [0, 0.05) is 29.5 Å². The van der Waals surface area contributed by atoms with Crippen molar-refractivity contribution in [2.24, 2.45) is 5.73 Å². The van der Waals surface area contributed by atoms with Gasteiger partial charge in [0.25, 0.3) is 11.8 Å². The Labute approximate surface area is 223 Å². The SMILES string of the molecule is NCCNC(=O)[C@H](Cc1ccccc1)NC(=O)c1cc(Br)ccc1NC(=O)c1ccc2ccccc2c1. The van der Waals surface area contributed by atoms with E-state index in [0.717, 1.165) is 16.3 Å². The first-order chi connectivity index (χ1) is 17.9. The minimum atomic E-state index is -0.829. The van der Waals surface area contributed by atoms with Crippen molar-refractivity contribution in [1.29, 1.82) is 0 Å². The highest BCUT2D eigenvalue weighted by molar-refractivity contribution is 9.10. The van der Waals surface area contributed by atoms with E-state index in [1.165, 1.54) is 0 Å². The number of nitrogens with two attached hydrogens (primary N) is 1. The number of carbonyl (C=O) groups excluding carboxylic acids is 3. The molecular formula is C29H27BrN4O3. The predicted molar refractivity (Wildman–Crippen MR) is 150 cm³/mol. The number of carbonyl (C=O) groups is 3. The van der Waals surface area contributed by atoms with Crippen LogP contribution < -0.4 is 21.7 Å². The highest BCUT2D eigenvalue weighted by Crippen LogP contribution is 2.23. The van der Waals surface area contributed by atoms with Gasteiger partial charge in [-0.05, 0) is 46.7 Å². The van der Waals surface area contributed by atoms with E-state index in [-0.39, 0.29) is 23.9 Å². The highest BCUT2D eigenvalue weighted by atomic mass is 79.9. The van der Waals surface area contributed by atoms with Gasteiger partial charge in [-0.25, -0.2) is 0 Å². The lowest BCUT2D eigenvalue weighted by molar-refractivity contribution is -0.122. The number of hydrogen-bond donors (Lipinski definition) is 4. The van der Waals surface area contributed by atoms with Crippen molar-refractivity contribution in [3.63, 3.8) is 0 Å². The molecule has 1 atom stereocenters. The van der Waals surface area contributed by atoms with E-state index < -0.39 is 11.9 Å². The number of hydrogen-bond acceptors (Lipinski definition) is 4. The third-order valence-electron chi connectivity index (χ3n) is 5.83. The summed E-state index contributed by atoms with van der Waals surface area (Å²) < 4.78 is 0.661. The fraction of sp³-hybridized carbons (Fsp3) is 0.138. The molecule has 0 saturated heterocycles. The first-order valence-corrected chi connectivity index (χ1v) is 12.7. The molecule has 8 heteroatoms. The number of fused-ring (bicyclic) bond motifs is 1. The Hall–Kier alpha value is -4.01. The Morgan fingerprint density at radius 1 is 0.811 bits per heavy atom. The Balaban J connectivity index is 1.56. The van der Waals surface area contributed by atoms with Gasteiger partial charge in [0.1, 0.15) is 6.04 Å². The summed E-state index contributed by atoms with van der Waals surface area (Å²) >= 11 is 3.40. The van der Waals surface area contributed by atoms with Crippen LogP contribution in [0.3, 0.4) is 0 Å². The van der Waals surface area contributed by atoms with E-state index in [1.807, 2.05) is 60.7 Å². The number of amides is 3. The molecule has 4 aromatic rings. The summed E-state index contributed by atoms with van der Waals surface area (Å²) in [6.45, 7) is 0.582. The van der Waals surface area contributed by atoms with E-state index >= 15 is 0 Å². The normalized spacial score (nSPS) is 11.5. The topological polar surface area (TPSA) is 113 Å². The lowest BCUT2D eigenvalue weighted by Gasteiger charge is -2.20. The lowest BCUT2D eigenvalue weighted by Crippen LogP contribution is -2.49. The lowest BCUT2D eigenvalue weighted by atomic mass is 10.0. The first-order valence-electron chi connectivity index (χ1n) is 11.9. The zero-order valence-electron chi connectivity index (χ0n) is 20.0. The molecule has 0 unspecified atom stereocenters. The average Bonchev–Trinajstić information content (AvgIpc) is 2.92. The molecule has 3 amide bonds. The molecule has 0 aliphatic rings. The number of halogens is 1. The smallest absolute Gasteiger partial charge is 0.255 e. The summed E-state index contributed by atoms with van der Waals surface area (Å²) in [4.78, 5) is 39.3. The Morgan fingerprint density at radius 3 is 2.30 bits per heavy atom. The van der Waals surface area contributed by atoms with Crippen LogP contribution in [0.2, 0.25) is 0 Å². The maximum absolute atomic E-state index is 13.4. The molecular weight excluding hydrogens is 532 g/mol. The standard InChI is InChI=1S/C29H27BrN4O3/c30-23-12-13-25(33-27(35)22-11-10-20-8-4-5-9-21(20)17-22)24(18-23)28(36)34-26(29(37)32-15-14-31)16-19-6-2-1-3-7-19/h1-13,17-18,26H,14-16,31H2,(H,32,37)(H,33,35)(H,34,36)/t26-/m0/s1. The fourth-order valence-electron chi connectivity index (χ4n) is 3.95. The maximum Gasteiger partial charge on any atom is 0.255 e. The summed E-state index contributed by atoms with van der Waals surface area (Å²) in [6.07, 6.45) is 0.301. The summed E-state index contributed by atoms with van der Waals surface area (Å²) in [5.74, 6) is -1.16. The highest BCUT2D eigenvalue weighted by Gasteiger charge is 2.24. The molecule has 0 aliphatic carbocycles. The summed E-state index contributed by atoms with van der Waals surface area (Å²) in [6, 6.07) is 26.8. The molecule has 4 rings (SSSR count). The van der Waals surface area contributed by atoms with Crippen molar-refractivity contribution in [3.05, 3.63) is 112 Å². The molecule has 0 heterocycles. The third kappa shape index (κ3) is 6.81. The van der Waals surface area contributed by atoms with Crippen LogP contribution in [0.15, 0.2) is 95.5 Å². The summed E-state index contributed by atoms with van der Waals surface area (Å²) in [7, 11) is 0. The molecule has 0 aromatic heterocycles. The van der Waals surface area contributed by atoms with Gasteiger partial charge in [0.05, 0.1) is 11.3 Å². The van der Waals surface area contributed by atoms with E-state index in [4.69, 9.17) is 5.73 Å². The monoisotopic (exact) mass is 558 g/mol. The van der Waals surface area contributed by atoms with Gasteiger partial charge < -0.3 is 21.7 Å². The predicted octanol–water partition coefficient (Wildman–Crippen LogP) is 4.27. The number of benzene rings is 4. The van der Waals surface area contributed by atoms with Crippen LogP contribution in [0.25, 0.3) is 10.8 Å². The number of rotatable bonds is 9. The van der Waals surface area contributed by atoms with Crippen molar-refractivity contribution in [2.45, 2.75) is 12.5 Å². The van der Waals surface area contributed by atoms with Crippen molar-refractivity contribution < 1.29 is 14.4 Å². The van der Waals surface area contributed by atoms with Gasteiger partial charge in [-0.1, -0.05) is 76.6 Å². The molecule has 0 spiro atoms.